The Bertz CT molecular complexity index is 865. The average Bonchev–Trinajstić information content (AvgIpc) is 2.67. The third-order valence-corrected chi connectivity index (χ3v) is 4.94. The fraction of sp³-hybridized carbons (Fsp3) is 0.0909. The van der Waals surface area contributed by atoms with Gasteiger partial charge in [0.05, 0.1) is 0 Å². The molecule has 0 amide bonds. The minimum atomic E-state index is 0.873. The maximum atomic E-state index is 3.41. The van der Waals surface area contributed by atoms with Gasteiger partial charge in [0.1, 0.15) is 0 Å². The lowest BCUT2D eigenvalue weighted by atomic mass is 10.1. The van der Waals surface area contributed by atoms with Crippen molar-refractivity contribution in [3.05, 3.63) is 96.1 Å². The smallest absolute Gasteiger partial charge is 0.0289 e. The molecular formula is C22H16Br2. The Labute approximate surface area is 159 Å². The summed E-state index contributed by atoms with van der Waals surface area (Å²) in [6.45, 7) is 0. The highest BCUT2D eigenvalue weighted by Crippen LogP contribution is 2.17. The van der Waals surface area contributed by atoms with Crippen LogP contribution < -0.4 is 0 Å². The molecule has 0 aliphatic carbocycles. The van der Waals surface area contributed by atoms with Crippen molar-refractivity contribution in [3.8, 4) is 0 Å². The summed E-state index contributed by atoms with van der Waals surface area (Å²) in [7, 11) is 0. The van der Waals surface area contributed by atoms with Crippen LogP contribution in [0.1, 0.15) is 11.1 Å². The maximum Gasteiger partial charge on any atom is 0.0289 e. The van der Waals surface area contributed by atoms with Crippen molar-refractivity contribution in [2.75, 3.05) is 0 Å². The summed E-state index contributed by atoms with van der Waals surface area (Å²) in [6.07, 6.45) is 0. The Hall–Kier alpha value is -1.64. The fourth-order valence-corrected chi connectivity index (χ4v) is 3.13. The van der Waals surface area contributed by atoms with Crippen LogP contribution in [-0.2, 0) is 10.7 Å². The monoisotopic (exact) mass is 438 g/mol. The molecule has 0 heterocycles. The van der Waals surface area contributed by atoms with Crippen LogP contribution >= 0.6 is 31.9 Å². The Morgan fingerprint density at radius 2 is 0.958 bits per heavy atom. The van der Waals surface area contributed by atoms with Crippen LogP contribution in [0.3, 0.4) is 0 Å². The van der Waals surface area contributed by atoms with Crippen LogP contribution in [0.15, 0.2) is 72.8 Å². The van der Waals surface area contributed by atoms with E-state index in [4.69, 9.17) is 0 Å². The molecule has 24 heavy (non-hydrogen) atoms. The molecular weight excluding hydrogens is 424 g/mol. The van der Waals surface area contributed by atoms with Crippen LogP contribution in [0.5, 0.6) is 0 Å². The molecule has 0 aliphatic rings. The van der Waals surface area contributed by atoms with Crippen molar-refractivity contribution in [1.29, 1.82) is 0 Å². The highest BCUT2D eigenvalue weighted by molar-refractivity contribution is 9.08. The van der Waals surface area contributed by atoms with E-state index in [1.165, 1.54) is 32.7 Å². The van der Waals surface area contributed by atoms with E-state index in [-0.39, 0.29) is 0 Å². The van der Waals surface area contributed by atoms with Gasteiger partial charge in [0.15, 0.2) is 0 Å². The molecule has 0 spiro atoms. The van der Waals surface area contributed by atoms with Gasteiger partial charge in [-0.2, -0.15) is 0 Å². The maximum absolute atomic E-state index is 3.41. The van der Waals surface area contributed by atoms with Crippen LogP contribution in [-0.4, -0.2) is 0 Å². The van der Waals surface area contributed by atoms with Crippen LogP contribution in [0.4, 0.5) is 0 Å². The molecule has 0 aromatic heterocycles. The largest absolute Gasteiger partial charge is 0.0876 e. The van der Waals surface area contributed by atoms with Gasteiger partial charge in [-0.1, -0.05) is 105 Å². The molecule has 0 fully saturated rings. The highest BCUT2D eigenvalue weighted by Gasteiger charge is 1.94. The normalized spacial score (nSPS) is 10.4. The first-order valence-corrected chi connectivity index (χ1v) is 9.96. The second-order valence-corrected chi connectivity index (χ2v) is 6.53. The van der Waals surface area contributed by atoms with E-state index in [0.29, 0.717) is 0 Å². The first kappa shape index (κ1) is 17.2. The average molecular weight is 440 g/mol. The number of halogens is 2. The van der Waals surface area contributed by atoms with E-state index in [0.717, 1.165) is 10.7 Å². The predicted octanol–water partition coefficient (Wildman–Crippen LogP) is 7.07. The predicted molar refractivity (Wildman–Crippen MR) is 111 cm³/mol. The number of fused-ring (bicyclic) bond motifs is 2. The summed E-state index contributed by atoms with van der Waals surface area (Å²) in [5.74, 6) is 0. The molecule has 4 aromatic rings. The number of benzene rings is 4. The molecule has 2 heteroatoms. The lowest BCUT2D eigenvalue weighted by molar-refractivity contribution is 1.45. The summed E-state index contributed by atoms with van der Waals surface area (Å²) >= 11 is 6.82. The zero-order valence-electron chi connectivity index (χ0n) is 13.1. The quantitative estimate of drug-likeness (QED) is 0.293. The Kier molecular flexibility index (Phi) is 6.06. The van der Waals surface area contributed by atoms with E-state index in [1.807, 2.05) is 24.3 Å². The molecule has 0 nitrogen and oxygen atoms in total. The van der Waals surface area contributed by atoms with Crippen molar-refractivity contribution in [2.24, 2.45) is 0 Å². The van der Waals surface area contributed by atoms with Gasteiger partial charge in [-0.3, -0.25) is 0 Å². The Morgan fingerprint density at radius 1 is 0.542 bits per heavy atom. The SMILES string of the molecule is BrCc1[c]c2ccccc2cc1.BrCc1[c]c2ccccc2cc1. The van der Waals surface area contributed by atoms with Crippen LogP contribution in [0, 0.1) is 12.1 Å². The van der Waals surface area contributed by atoms with Gasteiger partial charge < -0.3 is 0 Å². The standard InChI is InChI=1S/2C11H8Br/c2*12-8-9-5-6-10-3-1-2-4-11(10)7-9/h2*1-6H,8H2. The lowest BCUT2D eigenvalue weighted by Crippen LogP contribution is -1.78. The molecule has 4 rings (SSSR count). The van der Waals surface area contributed by atoms with Gasteiger partial charge in [-0.05, 0) is 44.8 Å². The zero-order valence-corrected chi connectivity index (χ0v) is 16.3. The molecule has 0 aliphatic heterocycles. The van der Waals surface area contributed by atoms with Crippen molar-refractivity contribution < 1.29 is 0 Å². The second-order valence-electron chi connectivity index (χ2n) is 5.41. The third-order valence-electron chi connectivity index (χ3n) is 3.73. The van der Waals surface area contributed by atoms with Gasteiger partial charge in [0, 0.05) is 10.7 Å². The molecule has 118 valence electrons. The summed E-state index contributed by atoms with van der Waals surface area (Å²) in [6, 6.07) is 31.6. The highest BCUT2D eigenvalue weighted by atomic mass is 79.9. The minimum absolute atomic E-state index is 0.873. The molecule has 0 saturated heterocycles. The van der Waals surface area contributed by atoms with Crippen LogP contribution in [0.2, 0.25) is 0 Å². The molecule has 2 radical (unpaired) electrons. The van der Waals surface area contributed by atoms with Gasteiger partial charge in [0.25, 0.3) is 0 Å². The fourth-order valence-electron chi connectivity index (χ4n) is 2.48. The van der Waals surface area contributed by atoms with Crippen molar-refractivity contribution in [3.63, 3.8) is 0 Å². The second kappa shape index (κ2) is 8.46. The first-order valence-electron chi connectivity index (χ1n) is 7.72. The Morgan fingerprint density at radius 3 is 1.38 bits per heavy atom. The third kappa shape index (κ3) is 4.25. The molecule has 4 aromatic carbocycles. The lowest BCUT2D eigenvalue weighted by Gasteiger charge is -1.98. The summed E-state index contributed by atoms with van der Waals surface area (Å²) in [5, 5.41) is 6.63. The van der Waals surface area contributed by atoms with E-state index in [9.17, 15) is 0 Å². The molecule has 0 atom stereocenters. The van der Waals surface area contributed by atoms with Gasteiger partial charge in [-0.15, -0.1) is 0 Å². The molecule has 0 bridgehead atoms. The number of hydrogen-bond donors (Lipinski definition) is 0. The van der Waals surface area contributed by atoms with Gasteiger partial charge in [-0.25, -0.2) is 0 Å². The summed E-state index contributed by atoms with van der Waals surface area (Å²) < 4.78 is 0. The zero-order chi connectivity index (χ0) is 16.8. The van der Waals surface area contributed by atoms with Crippen molar-refractivity contribution >= 4 is 53.4 Å². The van der Waals surface area contributed by atoms with E-state index in [1.54, 1.807) is 0 Å². The Balaban J connectivity index is 0.000000141. The van der Waals surface area contributed by atoms with Crippen molar-refractivity contribution in [1.82, 2.24) is 0 Å². The summed E-state index contributed by atoms with van der Waals surface area (Å²) in [4.78, 5) is 0. The minimum Gasteiger partial charge on any atom is -0.0876 e. The number of alkyl halides is 2. The first-order chi connectivity index (χ1) is 11.8. The van der Waals surface area contributed by atoms with E-state index >= 15 is 0 Å². The summed E-state index contributed by atoms with van der Waals surface area (Å²) in [5.41, 5.74) is 2.41. The van der Waals surface area contributed by atoms with E-state index < -0.39 is 0 Å². The van der Waals surface area contributed by atoms with Crippen molar-refractivity contribution in [2.45, 2.75) is 10.7 Å². The van der Waals surface area contributed by atoms with Gasteiger partial charge >= 0.3 is 0 Å². The number of rotatable bonds is 2. The van der Waals surface area contributed by atoms with Crippen LogP contribution in [0.25, 0.3) is 21.5 Å². The molecule has 0 unspecified atom stereocenters. The molecule has 0 saturated carbocycles. The van der Waals surface area contributed by atoms with Gasteiger partial charge in [0.2, 0.25) is 0 Å². The molecule has 0 N–H and O–H groups in total. The topological polar surface area (TPSA) is 0 Å². The van der Waals surface area contributed by atoms with E-state index in [2.05, 4.69) is 92.5 Å². The number of hydrogen-bond acceptors (Lipinski definition) is 0.